The summed E-state index contributed by atoms with van der Waals surface area (Å²) in [5.74, 6) is -0.913. The van der Waals surface area contributed by atoms with Gasteiger partial charge in [-0.15, -0.1) is 0 Å². The van der Waals surface area contributed by atoms with E-state index < -0.39 is 6.10 Å². The van der Waals surface area contributed by atoms with Crippen LogP contribution in [0.1, 0.15) is 303 Å². The minimum absolute atomic E-state index is 0.0909. The van der Waals surface area contributed by atoms with Crippen LogP contribution in [-0.4, -0.2) is 37.2 Å². The van der Waals surface area contributed by atoms with E-state index in [-0.39, 0.29) is 31.1 Å². The molecule has 0 saturated carbocycles. The Morgan fingerprint density at radius 1 is 0.259 bits per heavy atom. The van der Waals surface area contributed by atoms with Gasteiger partial charge in [0.05, 0.1) is 0 Å². The Balaban J connectivity index is 4.35. The van der Waals surface area contributed by atoms with E-state index in [9.17, 15) is 14.4 Å². The highest BCUT2D eigenvalue weighted by molar-refractivity contribution is 5.71. The molecule has 81 heavy (non-hydrogen) atoms. The summed E-state index contributed by atoms with van der Waals surface area (Å²) in [6, 6.07) is 0. The van der Waals surface area contributed by atoms with Crippen LogP contribution in [0.4, 0.5) is 0 Å². The first-order chi connectivity index (χ1) is 40.0. The second-order valence-corrected chi connectivity index (χ2v) is 22.0. The van der Waals surface area contributed by atoms with Crippen LogP contribution in [-0.2, 0) is 28.6 Å². The molecule has 0 radical (unpaired) electrons. The maximum Gasteiger partial charge on any atom is 0.306 e. The largest absolute Gasteiger partial charge is 0.462 e. The molecule has 0 aromatic heterocycles. The zero-order valence-electron chi connectivity index (χ0n) is 52.8. The lowest BCUT2D eigenvalue weighted by atomic mass is 10.1. The third kappa shape index (κ3) is 66.2. The van der Waals surface area contributed by atoms with Crippen molar-refractivity contribution in [2.24, 2.45) is 0 Å². The Kier molecular flexibility index (Phi) is 64.3. The first-order valence-electron chi connectivity index (χ1n) is 33.7. The van der Waals surface area contributed by atoms with Gasteiger partial charge < -0.3 is 14.2 Å². The van der Waals surface area contributed by atoms with Crippen molar-refractivity contribution in [2.75, 3.05) is 13.2 Å². The van der Waals surface area contributed by atoms with Gasteiger partial charge in [0, 0.05) is 19.3 Å². The van der Waals surface area contributed by atoms with E-state index in [0.717, 1.165) is 135 Å². The summed E-state index contributed by atoms with van der Waals surface area (Å²) in [6.07, 6.45) is 96.0. The molecule has 0 heterocycles. The molecule has 0 spiro atoms. The fourth-order valence-corrected chi connectivity index (χ4v) is 9.07. The van der Waals surface area contributed by atoms with Crippen LogP contribution in [0.5, 0.6) is 0 Å². The van der Waals surface area contributed by atoms with Gasteiger partial charge in [0.1, 0.15) is 13.2 Å². The van der Waals surface area contributed by atoms with Crippen molar-refractivity contribution in [3.63, 3.8) is 0 Å². The molecule has 0 amide bonds. The highest BCUT2D eigenvalue weighted by Crippen LogP contribution is 2.15. The minimum atomic E-state index is -0.795. The molecule has 1 atom stereocenters. The topological polar surface area (TPSA) is 78.9 Å². The van der Waals surface area contributed by atoms with Crippen molar-refractivity contribution in [2.45, 2.75) is 309 Å². The number of unbranched alkanes of at least 4 members (excludes halogenated alkanes) is 27. The normalized spacial score (nSPS) is 13.0. The van der Waals surface area contributed by atoms with Gasteiger partial charge in [-0.25, -0.2) is 0 Å². The van der Waals surface area contributed by atoms with Gasteiger partial charge in [0.15, 0.2) is 6.10 Å². The monoisotopic (exact) mass is 1120 g/mol. The van der Waals surface area contributed by atoms with E-state index in [1.54, 1.807) is 0 Å². The molecule has 460 valence electrons. The Labute approximate surface area is 500 Å². The summed E-state index contributed by atoms with van der Waals surface area (Å²) in [6.45, 7) is 6.48. The van der Waals surface area contributed by atoms with Crippen LogP contribution in [0.2, 0.25) is 0 Å². The number of carbonyl (C=O) groups is 3. The van der Waals surface area contributed by atoms with Crippen LogP contribution in [0.25, 0.3) is 0 Å². The lowest BCUT2D eigenvalue weighted by molar-refractivity contribution is -0.167. The number of ether oxygens (including phenoxy) is 3. The van der Waals surface area contributed by atoms with Crippen molar-refractivity contribution in [3.8, 4) is 0 Å². The highest BCUT2D eigenvalue weighted by Gasteiger charge is 2.19. The van der Waals surface area contributed by atoms with Crippen LogP contribution in [0.15, 0.2) is 134 Å². The maximum atomic E-state index is 12.9. The van der Waals surface area contributed by atoms with Gasteiger partial charge in [0.25, 0.3) is 0 Å². The maximum absolute atomic E-state index is 12.9. The average Bonchev–Trinajstić information content (AvgIpc) is 3.46. The Morgan fingerprint density at radius 2 is 0.481 bits per heavy atom. The second-order valence-electron chi connectivity index (χ2n) is 22.0. The summed E-state index contributed by atoms with van der Waals surface area (Å²) < 4.78 is 16.9. The van der Waals surface area contributed by atoms with Crippen molar-refractivity contribution in [3.05, 3.63) is 134 Å². The molecule has 6 nitrogen and oxygen atoms in total. The van der Waals surface area contributed by atoms with E-state index in [1.807, 2.05) is 0 Å². The molecule has 1 unspecified atom stereocenters. The van der Waals surface area contributed by atoms with Crippen molar-refractivity contribution >= 4 is 17.9 Å². The molecular weight excluding hydrogens is 997 g/mol. The molecule has 0 aromatic rings. The third-order valence-corrected chi connectivity index (χ3v) is 14.1. The van der Waals surface area contributed by atoms with Gasteiger partial charge in [-0.05, 0) is 141 Å². The molecule has 0 aliphatic rings. The van der Waals surface area contributed by atoms with Gasteiger partial charge in [0.2, 0.25) is 0 Å². The SMILES string of the molecule is CC/C=C\C/C=C\C/C=C\C/C=C\C/C=C\C/C=C\C/C=C\C/C=C\CCCCCCCCC(=O)OCC(COC(=O)CCCCCCC/C=C\CCCCCC)OC(=O)CCCCCCCCCCC/C=C\C/C=C\CCCCC. The molecule has 0 aliphatic heterocycles. The molecule has 0 N–H and O–H groups in total. The van der Waals surface area contributed by atoms with Gasteiger partial charge >= 0.3 is 17.9 Å². The molecule has 0 rings (SSSR count). The molecule has 0 saturated heterocycles. The molecular formula is C75H124O6. The second kappa shape index (κ2) is 68.1. The summed E-state index contributed by atoms with van der Waals surface area (Å²) in [5.41, 5.74) is 0. The van der Waals surface area contributed by atoms with Crippen molar-refractivity contribution in [1.29, 1.82) is 0 Å². The Bertz CT molecular complexity index is 1720. The molecule has 0 bridgehead atoms. The van der Waals surface area contributed by atoms with E-state index in [4.69, 9.17) is 14.2 Å². The van der Waals surface area contributed by atoms with Crippen LogP contribution < -0.4 is 0 Å². The van der Waals surface area contributed by atoms with E-state index in [0.29, 0.717) is 19.3 Å². The number of carbonyl (C=O) groups excluding carboxylic acids is 3. The predicted molar refractivity (Wildman–Crippen MR) is 353 cm³/mol. The van der Waals surface area contributed by atoms with Crippen molar-refractivity contribution in [1.82, 2.24) is 0 Å². The first kappa shape index (κ1) is 76.5. The summed E-state index contributed by atoms with van der Waals surface area (Å²) in [7, 11) is 0. The lowest BCUT2D eigenvalue weighted by Gasteiger charge is -2.18. The quantitative estimate of drug-likeness (QED) is 0.0261. The fourth-order valence-electron chi connectivity index (χ4n) is 9.07. The summed E-state index contributed by atoms with van der Waals surface area (Å²) in [4.78, 5) is 38.4. The highest BCUT2D eigenvalue weighted by atomic mass is 16.6. The fraction of sp³-hybridized carbons (Fsp3) is 0.667. The van der Waals surface area contributed by atoms with E-state index >= 15 is 0 Å². The molecule has 0 fully saturated rings. The van der Waals surface area contributed by atoms with Crippen LogP contribution in [0.3, 0.4) is 0 Å². The molecule has 6 heteroatoms. The van der Waals surface area contributed by atoms with Crippen LogP contribution in [0, 0.1) is 0 Å². The average molecular weight is 1120 g/mol. The number of hydrogen-bond donors (Lipinski definition) is 0. The zero-order chi connectivity index (χ0) is 58.5. The Hall–Kier alpha value is -4.45. The van der Waals surface area contributed by atoms with E-state index in [2.05, 4.69) is 154 Å². The third-order valence-electron chi connectivity index (χ3n) is 14.1. The smallest absolute Gasteiger partial charge is 0.306 e. The Morgan fingerprint density at radius 3 is 0.790 bits per heavy atom. The predicted octanol–water partition coefficient (Wildman–Crippen LogP) is 23.3. The van der Waals surface area contributed by atoms with Crippen LogP contribution >= 0.6 is 0 Å². The van der Waals surface area contributed by atoms with Gasteiger partial charge in [-0.3, -0.25) is 14.4 Å². The first-order valence-corrected chi connectivity index (χ1v) is 33.7. The summed E-state index contributed by atoms with van der Waals surface area (Å²) >= 11 is 0. The lowest BCUT2D eigenvalue weighted by Crippen LogP contribution is -2.30. The van der Waals surface area contributed by atoms with Gasteiger partial charge in [-0.1, -0.05) is 276 Å². The van der Waals surface area contributed by atoms with E-state index in [1.165, 1.54) is 128 Å². The number of rotatable bonds is 60. The molecule has 0 aliphatic carbocycles. The summed E-state index contributed by atoms with van der Waals surface area (Å²) in [5, 5.41) is 0. The number of allylic oxidation sites excluding steroid dienone is 22. The zero-order valence-corrected chi connectivity index (χ0v) is 52.8. The number of hydrogen-bond acceptors (Lipinski definition) is 6. The van der Waals surface area contributed by atoms with Gasteiger partial charge in [-0.2, -0.15) is 0 Å². The number of esters is 3. The molecule has 0 aromatic carbocycles. The standard InChI is InChI=1S/C75H124O6/c1-4-7-10-13-16-19-22-25-27-29-31-32-33-34-35-36-37-38-39-40-41-42-44-45-47-50-53-56-59-62-65-68-74(77)80-71-72(70-79-73(76)67-64-61-58-55-52-49-24-21-18-15-12-9-6-3)81-75(78)69-66-63-60-57-54-51-48-46-43-30-28-26-23-20-17-14-11-8-5-2/h7,10,16-17,19-21,24-28,31-32,34-35,37-38,40-41,44-45,72H,4-6,8-9,11-15,18,22-23,29-30,33,36,39,42-43,46-71H2,1-3H3/b10-7-,19-16-,20-17-,24-21-,27-25-,28-26-,32-31-,35-34-,38-37-,41-40-,45-44-. The minimum Gasteiger partial charge on any atom is -0.462 e. The van der Waals surface area contributed by atoms with Crippen molar-refractivity contribution < 1.29 is 28.6 Å².